The van der Waals surface area contributed by atoms with E-state index in [9.17, 15) is 9.59 Å². The number of amides is 1. The summed E-state index contributed by atoms with van der Waals surface area (Å²) < 4.78 is 8.91. The Bertz CT molecular complexity index is 1270. The Balaban J connectivity index is 1.71. The van der Waals surface area contributed by atoms with Crippen molar-refractivity contribution < 1.29 is 9.53 Å². The summed E-state index contributed by atoms with van der Waals surface area (Å²) in [6.45, 7) is 4.58. The standard InChI is InChI=1S/C25H30N6O3/c1-18-7-8-19-20(31(18)25(33)34-2)9-10-21-24(19)28-22(30(21)17-14-27-13-5-12-26)11-16-29-15-4-3-6-23(29)32/h3-4,6,9-10,15,18,27H,5,7-8,11,13-14,16-17H2,1-2H3/t18-/m0/s1. The fourth-order valence-electron chi connectivity index (χ4n) is 4.62. The van der Waals surface area contributed by atoms with Crippen LogP contribution in [0.5, 0.6) is 0 Å². The third-order valence-electron chi connectivity index (χ3n) is 6.36. The van der Waals surface area contributed by atoms with Crippen molar-refractivity contribution in [2.24, 2.45) is 0 Å². The van der Waals surface area contributed by atoms with E-state index in [1.807, 2.05) is 25.1 Å². The molecular formula is C25H30N6O3. The number of carbonyl (C=O) groups excluding carboxylic acids is 1. The number of hydrogen-bond donors (Lipinski definition) is 1. The number of fused-ring (bicyclic) bond motifs is 3. The van der Waals surface area contributed by atoms with Gasteiger partial charge in [0.05, 0.1) is 29.9 Å². The van der Waals surface area contributed by atoms with Crippen LogP contribution in [0.15, 0.2) is 41.3 Å². The molecule has 1 aromatic carbocycles. The predicted molar refractivity (Wildman–Crippen MR) is 130 cm³/mol. The van der Waals surface area contributed by atoms with Gasteiger partial charge in [0.25, 0.3) is 5.56 Å². The molecule has 1 amide bonds. The lowest BCUT2D eigenvalue weighted by atomic mass is 9.96. The van der Waals surface area contributed by atoms with Crippen LogP contribution in [0, 0.1) is 11.3 Å². The molecule has 1 aliphatic heterocycles. The average Bonchev–Trinajstić information content (AvgIpc) is 3.20. The van der Waals surface area contributed by atoms with Crippen molar-refractivity contribution in [3.05, 3.63) is 58.3 Å². The topological polar surface area (TPSA) is 105 Å². The molecule has 0 bridgehead atoms. The number of imidazole rings is 1. The zero-order chi connectivity index (χ0) is 24.1. The lowest BCUT2D eigenvalue weighted by molar-refractivity contribution is 0.175. The number of aromatic nitrogens is 3. The van der Waals surface area contributed by atoms with Crippen LogP contribution < -0.4 is 15.8 Å². The van der Waals surface area contributed by atoms with Crippen LogP contribution in [0.4, 0.5) is 10.5 Å². The van der Waals surface area contributed by atoms with Gasteiger partial charge in [-0.3, -0.25) is 9.69 Å². The lowest BCUT2D eigenvalue weighted by Gasteiger charge is -2.34. The fourth-order valence-corrected chi connectivity index (χ4v) is 4.62. The van der Waals surface area contributed by atoms with Crippen molar-refractivity contribution in [1.82, 2.24) is 19.4 Å². The summed E-state index contributed by atoms with van der Waals surface area (Å²) in [6.07, 6.45) is 4.15. The molecule has 0 saturated heterocycles. The molecule has 2 aromatic heterocycles. The highest BCUT2D eigenvalue weighted by Crippen LogP contribution is 2.36. The Labute approximate surface area is 198 Å². The van der Waals surface area contributed by atoms with Crippen molar-refractivity contribution in [3.63, 3.8) is 0 Å². The van der Waals surface area contributed by atoms with Gasteiger partial charge in [0.15, 0.2) is 0 Å². The van der Waals surface area contributed by atoms with Gasteiger partial charge in [-0.25, -0.2) is 9.78 Å². The molecule has 34 heavy (non-hydrogen) atoms. The van der Waals surface area contributed by atoms with Gasteiger partial charge in [-0.2, -0.15) is 5.26 Å². The molecule has 0 saturated carbocycles. The first-order valence-electron chi connectivity index (χ1n) is 11.7. The molecule has 0 fully saturated rings. The second-order valence-electron chi connectivity index (χ2n) is 8.48. The quantitative estimate of drug-likeness (QED) is 0.516. The van der Waals surface area contributed by atoms with Crippen molar-refractivity contribution in [2.45, 2.75) is 51.7 Å². The normalized spacial score (nSPS) is 15.2. The van der Waals surface area contributed by atoms with E-state index in [1.54, 1.807) is 27.8 Å². The van der Waals surface area contributed by atoms with Gasteiger partial charge >= 0.3 is 6.09 Å². The number of ether oxygens (including phenoxy) is 1. The number of methoxy groups -OCH3 is 1. The van der Waals surface area contributed by atoms with Gasteiger partial charge in [-0.1, -0.05) is 6.07 Å². The zero-order valence-corrected chi connectivity index (χ0v) is 19.7. The van der Waals surface area contributed by atoms with Crippen LogP contribution in [-0.4, -0.2) is 46.5 Å². The van der Waals surface area contributed by atoms with E-state index in [2.05, 4.69) is 16.0 Å². The van der Waals surface area contributed by atoms with Gasteiger partial charge in [0.2, 0.25) is 0 Å². The van der Waals surface area contributed by atoms with E-state index in [1.165, 1.54) is 7.11 Å². The SMILES string of the molecule is COC(=O)N1c2ccc3c(nc(CCn4ccccc4=O)n3CCNCCC#N)c2CC[C@@H]1C. The molecule has 4 rings (SSSR count). The molecule has 3 heterocycles. The smallest absolute Gasteiger partial charge is 0.414 e. The first kappa shape index (κ1) is 23.5. The van der Waals surface area contributed by atoms with Crippen LogP contribution in [-0.2, 0) is 30.7 Å². The molecule has 1 aliphatic rings. The second-order valence-corrected chi connectivity index (χ2v) is 8.48. The summed E-state index contributed by atoms with van der Waals surface area (Å²) in [5.41, 5.74) is 3.76. The Morgan fingerprint density at radius 2 is 2.12 bits per heavy atom. The number of nitriles is 1. The van der Waals surface area contributed by atoms with Crippen LogP contribution in [0.2, 0.25) is 0 Å². The van der Waals surface area contributed by atoms with E-state index in [-0.39, 0.29) is 17.7 Å². The molecule has 1 N–H and O–H groups in total. The largest absolute Gasteiger partial charge is 0.452 e. The van der Waals surface area contributed by atoms with E-state index in [0.717, 1.165) is 41.0 Å². The van der Waals surface area contributed by atoms with Crippen molar-refractivity contribution >= 4 is 22.8 Å². The number of aryl methyl sites for hydroxylation is 3. The van der Waals surface area contributed by atoms with Crippen molar-refractivity contribution in [1.29, 1.82) is 5.26 Å². The molecule has 9 nitrogen and oxygen atoms in total. The van der Waals surface area contributed by atoms with E-state index >= 15 is 0 Å². The molecule has 0 radical (unpaired) electrons. The number of anilines is 1. The highest BCUT2D eigenvalue weighted by Gasteiger charge is 2.31. The molecule has 0 unspecified atom stereocenters. The second kappa shape index (κ2) is 10.5. The van der Waals surface area contributed by atoms with E-state index in [0.29, 0.717) is 39.0 Å². The molecule has 1 atom stereocenters. The van der Waals surface area contributed by atoms with Gasteiger partial charge in [-0.15, -0.1) is 0 Å². The van der Waals surface area contributed by atoms with E-state index < -0.39 is 0 Å². The van der Waals surface area contributed by atoms with Crippen molar-refractivity contribution in [2.75, 3.05) is 25.1 Å². The highest BCUT2D eigenvalue weighted by atomic mass is 16.5. The van der Waals surface area contributed by atoms with Gasteiger partial charge in [-0.05, 0) is 38.0 Å². The van der Waals surface area contributed by atoms with Crippen LogP contribution in [0.25, 0.3) is 11.0 Å². The lowest BCUT2D eigenvalue weighted by Crippen LogP contribution is -2.42. The Hall–Kier alpha value is -3.64. The average molecular weight is 463 g/mol. The highest BCUT2D eigenvalue weighted by molar-refractivity contribution is 5.95. The van der Waals surface area contributed by atoms with Gasteiger partial charge in [0.1, 0.15) is 5.82 Å². The third kappa shape index (κ3) is 4.68. The number of pyridine rings is 1. The number of benzene rings is 1. The number of nitrogens with one attached hydrogen (secondary N) is 1. The van der Waals surface area contributed by atoms with Gasteiger partial charge < -0.3 is 19.2 Å². The first-order chi connectivity index (χ1) is 16.5. The number of nitrogens with zero attached hydrogens (tertiary/aromatic N) is 5. The summed E-state index contributed by atoms with van der Waals surface area (Å²) in [4.78, 5) is 31.4. The minimum absolute atomic E-state index is 0.0385. The summed E-state index contributed by atoms with van der Waals surface area (Å²) >= 11 is 0. The van der Waals surface area contributed by atoms with Crippen LogP contribution in [0.3, 0.4) is 0 Å². The maximum Gasteiger partial charge on any atom is 0.414 e. The maximum absolute atomic E-state index is 12.5. The monoisotopic (exact) mass is 462 g/mol. The number of carbonyl (C=O) groups is 1. The summed E-state index contributed by atoms with van der Waals surface area (Å²) in [7, 11) is 1.40. The minimum Gasteiger partial charge on any atom is -0.452 e. The van der Waals surface area contributed by atoms with Crippen molar-refractivity contribution in [3.8, 4) is 6.07 Å². The summed E-state index contributed by atoms with van der Waals surface area (Å²) in [5, 5.41) is 12.1. The molecule has 0 aliphatic carbocycles. The van der Waals surface area contributed by atoms with Gasteiger partial charge in [0, 0.05) is 62.9 Å². The van der Waals surface area contributed by atoms with E-state index in [4.69, 9.17) is 15.0 Å². The maximum atomic E-state index is 12.5. The molecular weight excluding hydrogens is 432 g/mol. The van der Waals surface area contributed by atoms with Crippen LogP contribution >= 0.6 is 0 Å². The fraction of sp³-hybridized carbons (Fsp3) is 0.440. The Kier molecular flexibility index (Phi) is 7.28. The summed E-state index contributed by atoms with van der Waals surface area (Å²) in [5.74, 6) is 0.893. The summed E-state index contributed by atoms with van der Waals surface area (Å²) in [6, 6.07) is 11.3. The minimum atomic E-state index is -0.363. The Morgan fingerprint density at radius 1 is 1.26 bits per heavy atom. The molecule has 9 heteroatoms. The third-order valence-corrected chi connectivity index (χ3v) is 6.36. The first-order valence-corrected chi connectivity index (χ1v) is 11.7. The molecule has 0 spiro atoms. The number of hydrogen-bond acceptors (Lipinski definition) is 6. The predicted octanol–water partition coefficient (Wildman–Crippen LogP) is 2.85. The number of rotatable bonds is 8. The zero-order valence-electron chi connectivity index (χ0n) is 19.7. The van der Waals surface area contributed by atoms with Crippen LogP contribution in [0.1, 0.15) is 31.2 Å². The molecule has 3 aromatic rings. The Morgan fingerprint density at radius 3 is 2.88 bits per heavy atom. The molecule has 178 valence electrons.